The van der Waals surface area contributed by atoms with Crippen LogP contribution in [0, 0.1) is 0 Å². The molecule has 2 aromatic rings. The number of benzene rings is 1. The van der Waals surface area contributed by atoms with Crippen molar-refractivity contribution >= 4 is 11.6 Å². The van der Waals surface area contributed by atoms with Gasteiger partial charge in [0.15, 0.2) is 0 Å². The van der Waals surface area contributed by atoms with Gasteiger partial charge in [-0.05, 0) is 31.2 Å². The first-order valence-electron chi connectivity index (χ1n) is 5.86. The molecule has 2 heterocycles. The van der Waals surface area contributed by atoms with Crippen molar-refractivity contribution in [1.82, 2.24) is 15.1 Å². The van der Waals surface area contributed by atoms with Crippen molar-refractivity contribution in [2.45, 2.75) is 19.5 Å². The molecule has 1 aromatic heterocycles. The smallest absolute Gasteiger partial charge is 0.0926 e. The van der Waals surface area contributed by atoms with E-state index in [1.165, 1.54) is 5.69 Å². The number of nitrogens with zero attached hydrogens (tertiary/aromatic N) is 2. The number of halogens is 1. The monoisotopic (exact) mass is 247 g/mol. The molecule has 1 aliphatic rings. The number of nitrogens with one attached hydrogen (secondary N) is 1. The Morgan fingerprint density at radius 3 is 2.88 bits per heavy atom. The van der Waals surface area contributed by atoms with E-state index in [2.05, 4.69) is 21.2 Å². The fourth-order valence-electron chi connectivity index (χ4n) is 2.12. The van der Waals surface area contributed by atoms with Gasteiger partial charge in [-0.15, -0.1) is 0 Å². The number of hydrogen-bond acceptors (Lipinski definition) is 2. The molecule has 3 rings (SSSR count). The Bertz CT molecular complexity index is 492. The number of fused-ring (bicyclic) bond motifs is 1. The largest absolute Gasteiger partial charge is 0.311 e. The Labute approximate surface area is 105 Å². The molecule has 88 valence electrons. The maximum absolute atomic E-state index is 5.89. The third kappa shape index (κ3) is 2.21. The third-order valence-corrected chi connectivity index (χ3v) is 3.28. The van der Waals surface area contributed by atoms with E-state index in [-0.39, 0.29) is 0 Å². The van der Waals surface area contributed by atoms with E-state index in [1.807, 2.05) is 24.3 Å². The van der Waals surface area contributed by atoms with Gasteiger partial charge in [0.2, 0.25) is 0 Å². The summed E-state index contributed by atoms with van der Waals surface area (Å²) >= 11 is 5.89. The van der Waals surface area contributed by atoms with Crippen LogP contribution in [0.25, 0.3) is 11.3 Å². The molecular formula is C13H14ClN3. The van der Waals surface area contributed by atoms with Crippen molar-refractivity contribution in [2.24, 2.45) is 0 Å². The minimum absolute atomic E-state index is 0.760. The molecule has 0 amide bonds. The highest BCUT2D eigenvalue weighted by molar-refractivity contribution is 6.30. The van der Waals surface area contributed by atoms with E-state index in [9.17, 15) is 0 Å². The highest BCUT2D eigenvalue weighted by Crippen LogP contribution is 2.22. The maximum Gasteiger partial charge on any atom is 0.0926 e. The molecule has 17 heavy (non-hydrogen) atoms. The van der Waals surface area contributed by atoms with E-state index in [0.29, 0.717) is 0 Å². The van der Waals surface area contributed by atoms with Crippen molar-refractivity contribution in [2.75, 3.05) is 6.54 Å². The Morgan fingerprint density at radius 2 is 2.06 bits per heavy atom. The van der Waals surface area contributed by atoms with Crippen LogP contribution >= 0.6 is 11.6 Å². The lowest BCUT2D eigenvalue weighted by atomic mass is 10.1. The number of hydrogen-bond donors (Lipinski definition) is 1. The van der Waals surface area contributed by atoms with E-state index in [1.54, 1.807) is 0 Å². The van der Waals surface area contributed by atoms with Gasteiger partial charge in [-0.3, -0.25) is 4.68 Å². The predicted molar refractivity (Wildman–Crippen MR) is 69.0 cm³/mol. The number of aryl methyl sites for hydroxylation is 1. The second kappa shape index (κ2) is 4.51. The highest BCUT2D eigenvalue weighted by atomic mass is 35.5. The van der Waals surface area contributed by atoms with Crippen molar-refractivity contribution in [3.8, 4) is 11.3 Å². The van der Waals surface area contributed by atoms with Gasteiger partial charge < -0.3 is 5.32 Å². The summed E-state index contributed by atoms with van der Waals surface area (Å²) in [6, 6.07) is 9.98. The van der Waals surface area contributed by atoms with Gasteiger partial charge in [0, 0.05) is 23.7 Å². The summed E-state index contributed by atoms with van der Waals surface area (Å²) in [5.41, 5.74) is 3.41. The molecule has 0 aliphatic carbocycles. The van der Waals surface area contributed by atoms with Crippen molar-refractivity contribution in [1.29, 1.82) is 0 Å². The van der Waals surface area contributed by atoms with Crippen molar-refractivity contribution < 1.29 is 0 Å². The van der Waals surface area contributed by atoms with Crippen molar-refractivity contribution in [3.63, 3.8) is 0 Å². The standard InChI is InChI=1S/C13H14ClN3/c14-11-4-2-10(3-5-11)13-8-12-9-15-6-1-7-17(12)16-13/h2-5,8,15H,1,6-7,9H2. The van der Waals surface area contributed by atoms with Crippen LogP contribution in [-0.2, 0) is 13.1 Å². The van der Waals surface area contributed by atoms with Crippen LogP contribution in [0.4, 0.5) is 0 Å². The molecule has 4 heteroatoms. The van der Waals surface area contributed by atoms with Crippen LogP contribution in [-0.4, -0.2) is 16.3 Å². The zero-order chi connectivity index (χ0) is 11.7. The lowest BCUT2D eigenvalue weighted by Crippen LogP contribution is -2.11. The number of aromatic nitrogens is 2. The van der Waals surface area contributed by atoms with Gasteiger partial charge in [0.05, 0.1) is 11.4 Å². The van der Waals surface area contributed by atoms with Crippen LogP contribution in [0.2, 0.25) is 5.02 Å². The highest BCUT2D eigenvalue weighted by Gasteiger charge is 2.11. The quantitative estimate of drug-likeness (QED) is 0.840. The molecule has 0 saturated heterocycles. The normalized spacial score (nSPS) is 15.4. The molecule has 3 nitrogen and oxygen atoms in total. The second-order valence-corrected chi connectivity index (χ2v) is 4.72. The van der Waals surface area contributed by atoms with Gasteiger partial charge in [0.25, 0.3) is 0 Å². The van der Waals surface area contributed by atoms with Gasteiger partial charge in [-0.1, -0.05) is 23.7 Å². The molecule has 1 aromatic carbocycles. The average molecular weight is 248 g/mol. The van der Waals surface area contributed by atoms with Gasteiger partial charge in [-0.2, -0.15) is 5.10 Å². The van der Waals surface area contributed by atoms with Crippen LogP contribution in [0.5, 0.6) is 0 Å². The van der Waals surface area contributed by atoms with Crippen LogP contribution in [0.15, 0.2) is 30.3 Å². The fraction of sp³-hybridized carbons (Fsp3) is 0.308. The van der Waals surface area contributed by atoms with Crippen molar-refractivity contribution in [3.05, 3.63) is 41.0 Å². The van der Waals surface area contributed by atoms with Crippen LogP contribution < -0.4 is 5.32 Å². The summed E-state index contributed by atoms with van der Waals surface area (Å²) in [4.78, 5) is 0. The topological polar surface area (TPSA) is 29.9 Å². The SMILES string of the molecule is Clc1ccc(-c2cc3n(n2)CCCNC3)cc1. The lowest BCUT2D eigenvalue weighted by molar-refractivity contribution is 0.589. The predicted octanol–water partition coefficient (Wildman–Crippen LogP) is 2.70. The summed E-state index contributed by atoms with van der Waals surface area (Å²) in [7, 11) is 0. The Kier molecular flexibility index (Phi) is 2.87. The Morgan fingerprint density at radius 1 is 1.24 bits per heavy atom. The summed E-state index contributed by atoms with van der Waals surface area (Å²) in [5.74, 6) is 0. The first kappa shape index (κ1) is 10.8. The summed E-state index contributed by atoms with van der Waals surface area (Å²) < 4.78 is 2.10. The van der Waals surface area contributed by atoms with Gasteiger partial charge >= 0.3 is 0 Å². The van der Waals surface area contributed by atoms with E-state index in [0.717, 1.165) is 42.3 Å². The van der Waals surface area contributed by atoms with Crippen LogP contribution in [0.3, 0.4) is 0 Å². The zero-order valence-corrected chi connectivity index (χ0v) is 10.2. The number of rotatable bonds is 1. The molecule has 0 atom stereocenters. The molecule has 0 fully saturated rings. The maximum atomic E-state index is 5.89. The van der Waals surface area contributed by atoms with E-state index >= 15 is 0 Å². The molecule has 0 spiro atoms. The first-order valence-corrected chi connectivity index (χ1v) is 6.24. The Hall–Kier alpha value is -1.32. The minimum Gasteiger partial charge on any atom is -0.311 e. The summed E-state index contributed by atoms with van der Waals surface area (Å²) in [6.45, 7) is 2.97. The molecule has 0 unspecified atom stereocenters. The van der Waals surface area contributed by atoms with E-state index < -0.39 is 0 Å². The lowest BCUT2D eigenvalue weighted by Gasteiger charge is -1.99. The Balaban J connectivity index is 1.96. The summed E-state index contributed by atoms with van der Waals surface area (Å²) in [6.07, 6.45) is 1.13. The molecule has 0 radical (unpaired) electrons. The second-order valence-electron chi connectivity index (χ2n) is 4.28. The molecule has 1 N–H and O–H groups in total. The van der Waals surface area contributed by atoms with Crippen LogP contribution in [0.1, 0.15) is 12.1 Å². The summed E-state index contributed by atoms with van der Waals surface area (Å²) in [5, 5.41) is 8.80. The fourth-order valence-corrected chi connectivity index (χ4v) is 2.25. The third-order valence-electron chi connectivity index (χ3n) is 3.03. The van der Waals surface area contributed by atoms with E-state index in [4.69, 9.17) is 11.6 Å². The molecule has 0 saturated carbocycles. The minimum atomic E-state index is 0.760. The van der Waals surface area contributed by atoms with Gasteiger partial charge in [-0.25, -0.2) is 0 Å². The van der Waals surface area contributed by atoms with Gasteiger partial charge in [0.1, 0.15) is 0 Å². The first-order chi connectivity index (χ1) is 8.33. The molecule has 0 bridgehead atoms. The zero-order valence-electron chi connectivity index (χ0n) is 9.49. The average Bonchev–Trinajstić information content (AvgIpc) is 2.62. The molecular weight excluding hydrogens is 234 g/mol. The molecule has 1 aliphatic heterocycles.